The number of terminal acetylenes is 2. The maximum atomic E-state index is 12.8. The number of aryl methyl sites for hydroxylation is 2. The summed E-state index contributed by atoms with van der Waals surface area (Å²) < 4.78 is 11.4. The Morgan fingerprint density at radius 2 is 1.10 bits per heavy atom. The van der Waals surface area contributed by atoms with Crippen LogP contribution in [0.4, 0.5) is 0 Å². The van der Waals surface area contributed by atoms with Crippen LogP contribution >= 0.6 is 0 Å². The lowest BCUT2D eigenvalue weighted by atomic mass is 9.53. The second kappa shape index (κ2) is 12.0. The summed E-state index contributed by atoms with van der Waals surface area (Å²) in [4.78, 5) is 25.6. The molecule has 0 heterocycles. The van der Waals surface area contributed by atoms with Crippen LogP contribution < -0.4 is 9.47 Å². The van der Waals surface area contributed by atoms with Gasteiger partial charge in [0.05, 0.1) is 12.8 Å². The minimum atomic E-state index is -1.01. The molecule has 10 atom stereocenters. The molecule has 0 amide bonds. The molecular weight excluding hydrogens is 624 g/mol. The van der Waals surface area contributed by atoms with E-state index >= 15 is 0 Å². The van der Waals surface area contributed by atoms with Crippen molar-refractivity contribution in [2.75, 3.05) is 0 Å². The van der Waals surface area contributed by atoms with Gasteiger partial charge in [0.15, 0.2) is 0 Å². The molecule has 6 aliphatic carbocycles. The summed E-state index contributed by atoms with van der Waals surface area (Å²) in [6, 6.07) is 12.0. The Hall–Kier alpha value is -3.58. The van der Waals surface area contributed by atoms with Crippen molar-refractivity contribution in [1.29, 1.82) is 0 Å². The van der Waals surface area contributed by atoms with Crippen LogP contribution in [0.15, 0.2) is 36.4 Å². The molecule has 6 heteroatoms. The van der Waals surface area contributed by atoms with Crippen molar-refractivity contribution in [2.45, 2.75) is 127 Å². The first-order valence-corrected chi connectivity index (χ1v) is 19.0. The third kappa shape index (κ3) is 5.00. The van der Waals surface area contributed by atoms with Crippen LogP contribution in [0.2, 0.25) is 0 Å². The van der Waals surface area contributed by atoms with E-state index in [2.05, 4.69) is 37.8 Å². The van der Waals surface area contributed by atoms with Gasteiger partial charge in [0.2, 0.25) is 0 Å². The molecule has 0 aromatic heterocycles. The number of fused-ring (bicyclic) bond motifs is 10. The van der Waals surface area contributed by atoms with E-state index in [1.165, 1.54) is 22.3 Å². The molecule has 0 radical (unpaired) electrons. The zero-order valence-electron chi connectivity index (χ0n) is 29.5. The number of benzene rings is 2. The molecule has 8 rings (SSSR count). The lowest BCUT2D eigenvalue weighted by molar-refractivity contribution is -0.140. The third-order valence-electron chi connectivity index (χ3n) is 15.2. The van der Waals surface area contributed by atoms with Crippen molar-refractivity contribution < 1.29 is 29.3 Å². The van der Waals surface area contributed by atoms with Gasteiger partial charge in [0.1, 0.15) is 22.7 Å². The van der Waals surface area contributed by atoms with Crippen LogP contribution in [0.25, 0.3) is 0 Å². The van der Waals surface area contributed by atoms with Gasteiger partial charge < -0.3 is 19.7 Å². The van der Waals surface area contributed by atoms with Crippen LogP contribution in [-0.4, -0.2) is 33.4 Å². The summed E-state index contributed by atoms with van der Waals surface area (Å²) >= 11 is 0. The normalized spacial score (nSPS) is 39.2. The molecule has 0 bridgehead atoms. The first kappa shape index (κ1) is 33.6. The van der Waals surface area contributed by atoms with Gasteiger partial charge >= 0.3 is 11.9 Å². The Bertz CT molecular complexity index is 1680. The molecule has 262 valence electrons. The first-order chi connectivity index (χ1) is 23.9. The van der Waals surface area contributed by atoms with Crippen molar-refractivity contribution >= 4 is 11.9 Å². The Morgan fingerprint density at radius 3 is 1.50 bits per heavy atom. The summed E-state index contributed by atoms with van der Waals surface area (Å²) in [6.07, 6.45) is 22.6. The van der Waals surface area contributed by atoms with Crippen molar-refractivity contribution in [1.82, 2.24) is 0 Å². The average Bonchev–Trinajstić information content (AvgIpc) is 3.55. The molecule has 0 spiro atoms. The monoisotopic (exact) mass is 674 g/mol. The number of esters is 2. The van der Waals surface area contributed by atoms with Gasteiger partial charge in [0.25, 0.3) is 0 Å². The van der Waals surface area contributed by atoms with Crippen molar-refractivity contribution in [3.05, 3.63) is 58.7 Å². The van der Waals surface area contributed by atoms with Gasteiger partial charge in [-0.25, -0.2) is 0 Å². The summed E-state index contributed by atoms with van der Waals surface area (Å²) in [5, 5.41) is 22.4. The molecule has 4 saturated carbocycles. The lowest BCUT2D eigenvalue weighted by Crippen LogP contribution is -2.50. The minimum absolute atomic E-state index is 0.0577. The second-order valence-corrected chi connectivity index (χ2v) is 17.0. The first-order valence-electron chi connectivity index (χ1n) is 19.0. The molecule has 2 aromatic rings. The van der Waals surface area contributed by atoms with E-state index in [0.717, 1.165) is 64.2 Å². The fraction of sp³-hybridized carbons (Fsp3) is 0.591. The van der Waals surface area contributed by atoms with E-state index in [1.807, 2.05) is 24.3 Å². The number of hydrogen-bond acceptors (Lipinski definition) is 6. The van der Waals surface area contributed by atoms with Crippen molar-refractivity contribution in [3.63, 3.8) is 0 Å². The fourth-order valence-electron chi connectivity index (χ4n) is 12.3. The topological polar surface area (TPSA) is 93.1 Å². The largest absolute Gasteiger partial charge is 0.427 e. The summed E-state index contributed by atoms with van der Waals surface area (Å²) in [7, 11) is 0. The van der Waals surface area contributed by atoms with E-state index < -0.39 is 23.1 Å². The number of rotatable bonds is 5. The van der Waals surface area contributed by atoms with Crippen molar-refractivity contribution in [2.24, 2.45) is 34.5 Å². The van der Waals surface area contributed by atoms with Gasteiger partial charge in [-0.3, -0.25) is 9.59 Å². The summed E-state index contributed by atoms with van der Waals surface area (Å²) in [5.74, 6) is 8.33. The number of carbonyl (C=O) groups excluding carboxylic acids is 2. The molecule has 2 aromatic carbocycles. The smallest absolute Gasteiger partial charge is 0.311 e. The highest BCUT2D eigenvalue weighted by Crippen LogP contribution is 2.65. The van der Waals surface area contributed by atoms with Crippen LogP contribution in [0.3, 0.4) is 0 Å². The quantitative estimate of drug-likeness (QED) is 0.195. The number of aliphatic hydroxyl groups is 2. The Balaban J connectivity index is 0.850. The third-order valence-corrected chi connectivity index (χ3v) is 15.2. The van der Waals surface area contributed by atoms with E-state index in [1.54, 1.807) is 0 Å². The van der Waals surface area contributed by atoms with Crippen LogP contribution in [0.1, 0.15) is 125 Å². The molecule has 4 fully saturated rings. The maximum Gasteiger partial charge on any atom is 0.311 e. The lowest BCUT2D eigenvalue weighted by Gasteiger charge is -2.52. The molecule has 6 aliphatic rings. The number of ether oxygens (including phenoxy) is 2. The SMILES string of the molecule is C#C[C@]1(O)CCC2C3CCc4cc(OC(=O)CCC(=O)Oc5ccc6c(c5)CCC5C6CC[C@@]6(C)C5CC[C@@]6(O)C#C)ccc4C3CC[C@@]21C. The molecule has 0 saturated heterocycles. The molecule has 2 N–H and O–H groups in total. The second-order valence-electron chi connectivity index (χ2n) is 17.0. The zero-order chi connectivity index (χ0) is 35.1. The predicted octanol–water partition coefficient (Wildman–Crippen LogP) is 7.42. The molecular formula is C44H50O6. The highest BCUT2D eigenvalue weighted by Gasteiger charge is 2.62. The molecule has 6 nitrogen and oxygen atoms in total. The van der Waals surface area contributed by atoms with Gasteiger partial charge in [-0.2, -0.15) is 0 Å². The van der Waals surface area contributed by atoms with Gasteiger partial charge in [-0.15, -0.1) is 12.8 Å². The zero-order valence-corrected chi connectivity index (χ0v) is 29.5. The van der Waals surface area contributed by atoms with Gasteiger partial charge in [0, 0.05) is 10.8 Å². The van der Waals surface area contributed by atoms with Gasteiger partial charge in [-0.1, -0.05) is 37.8 Å². The highest BCUT2D eigenvalue weighted by atomic mass is 16.5. The van der Waals surface area contributed by atoms with E-state index in [0.29, 0.717) is 59.8 Å². The Morgan fingerprint density at radius 1 is 0.680 bits per heavy atom. The summed E-state index contributed by atoms with van der Waals surface area (Å²) in [5.41, 5.74) is 2.64. The van der Waals surface area contributed by atoms with Crippen LogP contribution in [-0.2, 0) is 22.4 Å². The molecule has 50 heavy (non-hydrogen) atoms. The standard InChI is InChI=1S/C44H50O6/c1-5-43(47)23-19-37-35-11-7-27-25-29(9-13-31(27)33(35)17-21-41(37,43)3)49-39(45)15-16-40(46)50-30-10-14-32-28(26-30)8-12-36-34(32)18-22-42(4)38(36)20-24-44(42,48)6-2/h1-2,9-10,13-14,25-26,33-38,47-48H,7-8,11-12,15-24H2,3-4H3/t33?,34?,35?,36?,37?,38?,41-,42-,43-,44-/m0/s1. The molecule has 6 unspecified atom stereocenters. The Kier molecular flexibility index (Phi) is 8.05. The van der Waals surface area contributed by atoms with E-state index in [-0.39, 0.29) is 23.7 Å². The van der Waals surface area contributed by atoms with E-state index in [4.69, 9.17) is 22.3 Å². The maximum absolute atomic E-state index is 12.8. The summed E-state index contributed by atoms with van der Waals surface area (Å²) in [6.45, 7) is 4.39. The van der Waals surface area contributed by atoms with Crippen molar-refractivity contribution in [3.8, 4) is 36.2 Å². The fourth-order valence-corrected chi connectivity index (χ4v) is 12.3. The van der Waals surface area contributed by atoms with Crippen LogP contribution in [0, 0.1) is 59.2 Å². The average molecular weight is 675 g/mol. The van der Waals surface area contributed by atoms with Gasteiger partial charge in [-0.05, 0) is 159 Å². The number of hydrogen-bond donors (Lipinski definition) is 2. The van der Waals surface area contributed by atoms with E-state index in [9.17, 15) is 19.8 Å². The highest BCUT2D eigenvalue weighted by molar-refractivity contribution is 5.80. The number of carbonyl (C=O) groups is 2. The minimum Gasteiger partial charge on any atom is -0.427 e. The van der Waals surface area contributed by atoms with Crippen LogP contribution in [0.5, 0.6) is 11.5 Å². The predicted molar refractivity (Wildman–Crippen MR) is 190 cm³/mol. The Labute approximate surface area is 296 Å². The molecule has 0 aliphatic heterocycles.